The summed E-state index contributed by atoms with van der Waals surface area (Å²) in [6, 6.07) is 21.0. The van der Waals surface area contributed by atoms with Gasteiger partial charge in [-0.25, -0.2) is 0 Å². The number of hydrogen-bond acceptors (Lipinski definition) is 4. The second-order valence-corrected chi connectivity index (χ2v) is 7.47. The Bertz CT molecular complexity index is 768. The molecule has 2 saturated heterocycles. The fourth-order valence-corrected chi connectivity index (χ4v) is 4.36. The highest BCUT2D eigenvalue weighted by atomic mass is 16.5. The molecule has 0 aromatic heterocycles. The van der Waals surface area contributed by atoms with E-state index in [0.717, 1.165) is 17.7 Å². The highest BCUT2D eigenvalue weighted by Gasteiger charge is 2.46. The third-order valence-corrected chi connectivity index (χ3v) is 5.69. The monoisotopic (exact) mass is 348 g/mol. The first-order valence-corrected chi connectivity index (χ1v) is 9.24. The van der Waals surface area contributed by atoms with E-state index in [1.807, 2.05) is 30.3 Å². The van der Waals surface area contributed by atoms with Crippen molar-refractivity contribution < 1.29 is 9.84 Å². The first-order valence-electron chi connectivity index (χ1n) is 9.24. The number of morpholine rings is 1. The molecule has 2 aliphatic rings. The lowest BCUT2D eigenvalue weighted by atomic mass is 9.76. The summed E-state index contributed by atoms with van der Waals surface area (Å²) >= 11 is 0. The molecule has 2 aliphatic heterocycles. The maximum Gasteiger partial charge on any atom is 0.0928 e. The first kappa shape index (κ1) is 17.2. The lowest BCUT2D eigenvalue weighted by molar-refractivity contribution is -0.149. The molecular weight excluding hydrogens is 324 g/mol. The lowest BCUT2D eigenvalue weighted by Crippen LogP contribution is -2.60. The second kappa shape index (κ2) is 7.20. The van der Waals surface area contributed by atoms with Crippen LogP contribution in [0.3, 0.4) is 0 Å². The summed E-state index contributed by atoms with van der Waals surface area (Å²) < 4.78 is 5.80. The molecule has 1 N–H and O–H groups in total. The van der Waals surface area contributed by atoms with Crippen LogP contribution in [0.5, 0.6) is 0 Å². The van der Waals surface area contributed by atoms with Crippen LogP contribution in [0, 0.1) is 11.3 Å². The number of aliphatic hydroxyl groups is 1. The number of hydrogen-bond donors (Lipinski definition) is 1. The fourth-order valence-electron chi connectivity index (χ4n) is 4.36. The summed E-state index contributed by atoms with van der Waals surface area (Å²) in [5, 5.41) is 20.2. The topological polar surface area (TPSA) is 56.5 Å². The largest absolute Gasteiger partial charge is 0.385 e. The predicted octanol–water partition coefficient (Wildman–Crippen LogP) is 3.00. The molecule has 2 bridgehead atoms. The van der Waals surface area contributed by atoms with E-state index in [2.05, 4.69) is 35.2 Å². The number of ether oxygens (including phenoxy) is 1. The molecule has 4 rings (SSSR count). The Morgan fingerprint density at radius 1 is 1.00 bits per heavy atom. The van der Waals surface area contributed by atoms with Gasteiger partial charge in [0, 0.05) is 18.6 Å². The quantitative estimate of drug-likeness (QED) is 0.923. The second-order valence-electron chi connectivity index (χ2n) is 7.47. The van der Waals surface area contributed by atoms with E-state index in [9.17, 15) is 5.11 Å². The van der Waals surface area contributed by atoms with Crippen molar-refractivity contribution in [2.75, 3.05) is 13.2 Å². The number of piperidine rings is 1. The van der Waals surface area contributed by atoms with Crippen LogP contribution in [0.25, 0.3) is 0 Å². The number of fused-ring (bicyclic) bond motifs is 2. The normalized spacial score (nSPS) is 28.5. The maximum absolute atomic E-state index is 11.4. The Labute approximate surface area is 154 Å². The summed E-state index contributed by atoms with van der Waals surface area (Å²) in [6.07, 6.45) is 1.75. The first-order chi connectivity index (χ1) is 12.7. The summed E-state index contributed by atoms with van der Waals surface area (Å²) in [7, 11) is 0. The van der Waals surface area contributed by atoms with Crippen molar-refractivity contribution in [3.63, 3.8) is 0 Å². The predicted molar refractivity (Wildman–Crippen MR) is 99.3 cm³/mol. The van der Waals surface area contributed by atoms with Gasteiger partial charge in [-0.15, -0.1) is 0 Å². The smallest absolute Gasteiger partial charge is 0.0928 e. The van der Waals surface area contributed by atoms with Gasteiger partial charge >= 0.3 is 0 Å². The Balaban J connectivity index is 1.54. The fraction of sp³-hybridized carbons (Fsp3) is 0.409. The van der Waals surface area contributed by atoms with Crippen LogP contribution in [-0.4, -0.2) is 35.3 Å². The van der Waals surface area contributed by atoms with E-state index in [1.165, 1.54) is 5.56 Å². The van der Waals surface area contributed by atoms with Crippen molar-refractivity contribution in [2.24, 2.45) is 0 Å². The van der Waals surface area contributed by atoms with Gasteiger partial charge in [0.15, 0.2) is 0 Å². The van der Waals surface area contributed by atoms with Crippen LogP contribution in [-0.2, 0) is 23.3 Å². The van der Waals surface area contributed by atoms with E-state index in [-0.39, 0.29) is 12.1 Å². The van der Waals surface area contributed by atoms with E-state index < -0.39 is 5.60 Å². The van der Waals surface area contributed by atoms with Gasteiger partial charge in [0.1, 0.15) is 0 Å². The molecule has 0 spiro atoms. The van der Waals surface area contributed by atoms with Gasteiger partial charge in [-0.05, 0) is 29.5 Å². The molecule has 4 nitrogen and oxygen atoms in total. The summed E-state index contributed by atoms with van der Waals surface area (Å²) in [5.41, 5.74) is 2.42. The van der Waals surface area contributed by atoms with Crippen LogP contribution in [0.15, 0.2) is 54.6 Å². The molecule has 134 valence electrons. The van der Waals surface area contributed by atoms with Gasteiger partial charge < -0.3 is 9.84 Å². The minimum Gasteiger partial charge on any atom is -0.385 e. The average Bonchev–Trinajstić information content (AvgIpc) is 2.64. The molecule has 2 heterocycles. The standard InChI is InChI=1S/C22H24N2O2/c23-11-10-17-6-8-19(9-7-17)22(25)12-20-15-26-16-21(13-22)24(20)14-18-4-2-1-3-5-18/h1-9,20-21,25H,10,12-16H2. The van der Waals surface area contributed by atoms with Gasteiger partial charge in [0.25, 0.3) is 0 Å². The number of nitriles is 1. The van der Waals surface area contributed by atoms with Gasteiger partial charge in [0.2, 0.25) is 0 Å². The number of nitrogens with zero attached hydrogens (tertiary/aromatic N) is 2. The molecule has 2 aromatic rings. The van der Waals surface area contributed by atoms with Gasteiger partial charge in [-0.3, -0.25) is 4.90 Å². The lowest BCUT2D eigenvalue weighted by Gasteiger charge is -2.52. The van der Waals surface area contributed by atoms with Crippen molar-refractivity contribution in [3.8, 4) is 6.07 Å². The Hall–Kier alpha value is -2.19. The van der Waals surface area contributed by atoms with Gasteiger partial charge in [-0.2, -0.15) is 5.26 Å². The molecule has 2 unspecified atom stereocenters. The average molecular weight is 348 g/mol. The molecule has 26 heavy (non-hydrogen) atoms. The summed E-state index contributed by atoms with van der Waals surface area (Å²) in [5.74, 6) is 0. The molecule has 0 saturated carbocycles. The van der Waals surface area contributed by atoms with Crippen molar-refractivity contribution in [3.05, 3.63) is 71.3 Å². The molecule has 0 aliphatic carbocycles. The van der Waals surface area contributed by atoms with Gasteiger partial charge in [-0.1, -0.05) is 54.6 Å². The zero-order valence-corrected chi connectivity index (χ0v) is 14.8. The molecule has 4 heteroatoms. The van der Waals surface area contributed by atoms with E-state index in [1.54, 1.807) is 0 Å². The third kappa shape index (κ3) is 3.39. The van der Waals surface area contributed by atoms with E-state index in [4.69, 9.17) is 10.00 Å². The molecule has 2 aromatic carbocycles. The zero-order valence-electron chi connectivity index (χ0n) is 14.8. The minimum absolute atomic E-state index is 0.214. The third-order valence-electron chi connectivity index (χ3n) is 5.69. The number of benzene rings is 2. The maximum atomic E-state index is 11.4. The Kier molecular flexibility index (Phi) is 4.78. The van der Waals surface area contributed by atoms with Crippen LogP contribution in [0.1, 0.15) is 29.5 Å². The van der Waals surface area contributed by atoms with Crippen LogP contribution >= 0.6 is 0 Å². The molecule has 2 fully saturated rings. The molecule has 2 atom stereocenters. The summed E-state index contributed by atoms with van der Waals surface area (Å²) in [6.45, 7) is 2.23. The molecule has 0 radical (unpaired) electrons. The van der Waals surface area contributed by atoms with Crippen LogP contribution in [0.2, 0.25) is 0 Å². The van der Waals surface area contributed by atoms with Crippen molar-refractivity contribution >= 4 is 0 Å². The van der Waals surface area contributed by atoms with Crippen molar-refractivity contribution in [2.45, 2.75) is 43.5 Å². The van der Waals surface area contributed by atoms with E-state index >= 15 is 0 Å². The Morgan fingerprint density at radius 2 is 1.65 bits per heavy atom. The van der Waals surface area contributed by atoms with Gasteiger partial charge in [0.05, 0.1) is 31.3 Å². The minimum atomic E-state index is -0.822. The highest BCUT2D eigenvalue weighted by molar-refractivity contribution is 5.30. The molecule has 0 amide bonds. The Morgan fingerprint density at radius 3 is 2.27 bits per heavy atom. The van der Waals surface area contributed by atoms with Crippen molar-refractivity contribution in [1.82, 2.24) is 4.90 Å². The summed E-state index contributed by atoms with van der Waals surface area (Å²) in [4.78, 5) is 2.50. The SMILES string of the molecule is N#CCc1ccc(C2(O)CC3COCC(C2)N3Cc2ccccc2)cc1. The van der Waals surface area contributed by atoms with Crippen LogP contribution in [0.4, 0.5) is 0 Å². The number of rotatable bonds is 4. The van der Waals surface area contributed by atoms with Crippen LogP contribution < -0.4 is 0 Å². The zero-order chi connectivity index (χ0) is 18.0. The highest BCUT2D eigenvalue weighted by Crippen LogP contribution is 2.41. The van der Waals surface area contributed by atoms with Crippen molar-refractivity contribution in [1.29, 1.82) is 5.26 Å². The molecular formula is C22H24N2O2. The van der Waals surface area contributed by atoms with E-state index in [0.29, 0.717) is 32.5 Å².